The van der Waals surface area contributed by atoms with E-state index in [-0.39, 0.29) is 143 Å². The number of rotatable bonds is 31. The quantitative estimate of drug-likeness (QED) is 0.0172. The van der Waals surface area contributed by atoms with Crippen LogP contribution in [0.5, 0.6) is 0 Å². The summed E-state index contributed by atoms with van der Waals surface area (Å²) in [5, 5.41) is 54.9. The van der Waals surface area contributed by atoms with Crippen molar-refractivity contribution in [2.24, 2.45) is 59.2 Å². The number of carboxylic acid groups (broad SMARTS) is 1. The fraction of sp³-hybridized carbons (Fsp3) is 0.556. The molecule has 0 bridgehead atoms. The van der Waals surface area contributed by atoms with Crippen molar-refractivity contribution in [3.63, 3.8) is 0 Å². The normalized spacial score (nSPS) is 16.7. The maximum Gasteiger partial charge on any atom is 0.326 e. The first-order valence-corrected chi connectivity index (χ1v) is 39.7. The minimum atomic E-state index is -1.17. The van der Waals surface area contributed by atoms with E-state index in [0.29, 0.717) is 24.8 Å². The van der Waals surface area contributed by atoms with Crippen LogP contribution in [-0.2, 0) is 60.8 Å². The maximum atomic E-state index is 12.9. The summed E-state index contributed by atoms with van der Waals surface area (Å²) in [5.41, 5.74) is 3.60. The van der Waals surface area contributed by atoms with Crippen LogP contribution < -0.4 is 16.0 Å². The second-order valence-electron chi connectivity index (χ2n) is 32.4. The molecule has 7 rings (SSSR count). The van der Waals surface area contributed by atoms with Gasteiger partial charge in [0.05, 0.1) is 42.5 Å². The van der Waals surface area contributed by atoms with Gasteiger partial charge in [-0.1, -0.05) is 238 Å². The smallest absolute Gasteiger partial charge is 0.326 e. The Morgan fingerprint density at radius 1 is 0.396 bits per heavy atom. The predicted octanol–water partition coefficient (Wildman–Crippen LogP) is 14.7. The number of carbonyl (C=O) groups is 10. The van der Waals surface area contributed by atoms with Gasteiger partial charge in [-0.2, -0.15) is 0 Å². The molecule has 8 N–H and O–H groups in total. The summed E-state index contributed by atoms with van der Waals surface area (Å²) >= 11 is 0. The zero-order valence-electron chi connectivity index (χ0n) is 69.6. The van der Waals surface area contributed by atoms with Crippen molar-refractivity contribution in [3.8, 4) is 0 Å². The van der Waals surface area contributed by atoms with E-state index in [0.717, 1.165) is 81.1 Å². The molecule has 614 valence electrons. The molecule has 21 heteroatoms. The summed E-state index contributed by atoms with van der Waals surface area (Å²) in [6.07, 6.45) is 7.31. The van der Waals surface area contributed by atoms with Gasteiger partial charge >= 0.3 is 5.97 Å². The molecule has 0 saturated carbocycles. The van der Waals surface area contributed by atoms with Crippen LogP contribution in [0.1, 0.15) is 210 Å². The van der Waals surface area contributed by atoms with Crippen molar-refractivity contribution in [3.05, 3.63) is 181 Å². The molecule has 0 radical (unpaired) electrons. The van der Waals surface area contributed by atoms with E-state index in [4.69, 9.17) is 0 Å². The summed E-state index contributed by atoms with van der Waals surface area (Å²) in [7, 11) is 0. The topological polar surface area (TPSA) is 318 Å². The molecule has 0 spiro atoms. The summed E-state index contributed by atoms with van der Waals surface area (Å²) in [5.74, 6) is -3.59. The number of carboxylic acids is 1. The number of ketones is 3. The van der Waals surface area contributed by atoms with Crippen molar-refractivity contribution in [2.45, 2.75) is 237 Å². The minimum Gasteiger partial charge on any atom is -0.511 e. The van der Waals surface area contributed by atoms with Gasteiger partial charge in [-0.3, -0.25) is 43.2 Å². The summed E-state index contributed by atoms with van der Waals surface area (Å²) in [6, 6.07) is 35.9. The Bertz CT molecular complexity index is 3560. The highest BCUT2D eigenvalue weighted by atomic mass is 16.4. The number of hydrogen-bond acceptors (Lipinski definition) is 14. The molecule has 6 unspecified atom stereocenters. The lowest BCUT2D eigenvalue weighted by atomic mass is 9.84. The fourth-order valence-electron chi connectivity index (χ4n) is 13.7. The van der Waals surface area contributed by atoms with Gasteiger partial charge in [0.25, 0.3) is 17.7 Å². The number of carbonyl (C=O) groups excluding carboxylic acids is 9. The second kappa shape index (κ2) is 49.9. The summed E-state index contributed by atoms with van der Waals surface area (Å²) in [6.45, 7) is 48.0. The van der Waals surface area contributed by atoms with Gasteiger partial charge in [-0.05, 0) is 143 Å². The molecule has 21 nitrogen and oxygen atoms in total. The molecular weight excluding hydrogens is 1410 g/mol. The molecule has 111 heavy (non-hydrogen) atoms. The largest absolute Gasteiger partial charge is 0.511 e. The van der Waals surface area contributed by atoms with Crippen LogP contribution in [0.4, 0.5) is 0 Å². The number of aliphatic hydroxyl groups is 4. The lowest BCUT2D eigenvalue weighted by Crippen LogP contribution is -2.46. The first-order valence-electron chi connectivity index (χ1n) is 39.7. The SMILES string of the molecule is C=C(O)[C@@H]1CCCN1C(=O)C(CC(C)C)C(C)C.C=C(O)[C@@H]1CCCN1C(=O)C(CO)C(C)C.C=C(O)[C@@H]1CCCN1C(=O)C(Cc1ccccc1)C(C)C.CC(C)C(C(=O)C(=O)NC(Cc1ccccc1)C(=O)O)c1ccccc1.CC(C)CC(=O)C(=O)NC(C)C.CC(C)NC(=O)C(=O)C(c1ccccc1)C(C)C. The van der Waals surface area contributed by atoms with Crippen molar-refractivity contribution >= 4 is 58.8 Å². The molecular formula is C90H134N6O15. The highest BCUT2D eigenvalue weighted by Crippen LogP contribution is 2.32. The van der Waals surface area contributed by atoms with Gasteiger partial charge < -0.3 is 56.2 Å². The first kappa shape index (κ1) is 97.8. The van der Waals surface area contributed by atoms with Crippen molar-refractivity contribution < 1.29 is 73.5 Å². The van der Waals surface area contributed by atoms with Gasteiger partial charge in [-0.25, -0.2) is 4.79 Å². The summed E-state index contributed by atoms with van der Waals surface area (Å²) in [4.78, 5) is 126. The van der Waals surface area contributed by atoms with Crippen LogP contribution in [0.15, 0.2) is 158 Å². The molecule has 6 amide bonds. The Morgan fingerprint density at radius 2 is 0.712 bits per heavy atom. The van der Waals surface area contributed by atoms with E-state index in [1.807, 2.05) is 166 Å². The van der Waals surface area contributed by atoms with E-state index in [1.54, 1.807) is 41.3 Å². The Labute approximate surface area is 662 Å². The van der Waals surface area contributed by atoms with Crippen LogP contribution in [0.2, 0.25) is 0 Å². The van der Waals surface area contributed by atoms with Crippen molar-refractivity contribution in [1.82, 2.24) is 30.7 Å². The number of aliphatic hydroxyl groups excluding tert-OH is 4. The maximum absolute atomic E-state index is 12.9. The van der Waals surface area contributed by atoms with Crippen molar-refractivity contribution in [2.75, 3.05) is 26.2 Å². The first-order chi connectivity index (χ1) is 52.1. The number of nitrogens with zero attached hydrogens (tertiary/aromatic N) is 3. The van der Waals surface area contributed by atoms with Gasteiger partial charge in [-0.15, -0.1) is 0 Å². The third-order valence-electron chi connectivity index (χ3n) is 19.6. The zero-order valence-corrected chi connectivity index (χ0v) is 69.6. The molecule has 3 heterocycles. The van der Waals surface area contributed by atoms with Crippen LogP contribution in [-0.4, -0.2) is 161 Å². The molecule has 4 aromatic carbocycles. The molecule has 4 aromatic rings. The number of aliphatic carboxylic acids is 1. The highest BCUT2D eigenvalue weighted by Gasteiger charge is 2.40. The monoisotopic (exact) mass is 1540 g/mol. The molecule has 9 atom stereocenters. The minimum absolute atomic E-state index is 0.0231. The second-order valence-corrected chi connectivity index (χ2v) is 32.4. The zero-order chi connectivity index (χ0) is 84.1. The molecule has 3 aliphatic heterocycles. The van der Waals surface area contributed by atoms with E-state index in [9.17, 15) is 73.5 Å². The third-order valence-corrected chi connectivity index (χ3v) is 19.6. The fourth-order valence-corrected chi connectivity index (χ4v) is 13.7. The van der Waals surface area contributed by atoms with Gasteiger partial charge in [0.15, 0.2) is 0 Å². The Morgan fingerprint density at radius 3 is 1.01 bits per heavy atom. The Balaban J connectivity index is 0.000000459. The van der Waals surface area contributed by atoms with Gasteiger partial charge in [0.1, 0.15) is 23.3 Å². The molecule has 3 saturated heterocycles. The average molecular weight is 1540 g/mol. The van der Waals surface area contributed by atoms with E-state index in [2.05, 4.69) is 89.4 Å². The molecule has 0 aliphatic carbocycles. The van der Waals surface area contributed by atoms with E-state index < -0.39 is 41.4 Å². The number of Topliss-reactive ketones (excluding diaryl/α,β-unsaturated/α-hetero) is 3. The van der Waals surface area contributed by atoms with E-state index >= 15 is 0 Å². The Hall–Kier alpha value is -9.24. The van der Waals surface area contributed by atoms with Crippen LogP contribution in [0, 0.1) is 59.2 Å². The number of hydrogen-bond donors (Lipinski definition) is 8. The molecule has 0 aromatic heterocycles. The Kier molecular flexibility index (Phi) is 44.0. The lowest BCUT2D eigenvalue weighted by Gasteiger charge is -2.31. The standard InChI is InChI=1S/C21H23NO4.C18H25NO2.C15H27NO2.C15H21NO2.C12H21NO3.C9H17NO2/c1-14(2)18(16-11-7-4-8-12-16)19(23)20(24)22-17(21(25)26)13-15-9-5-3-6-10-15;1-13(2)16(12-15-8-5-4-6-9-15)18(21)19-11-7-10-17(19)14(3)20;1-10(2)9-13(11(3)4)15(18)16-8-6-7-14(16)12(5)17;1-10(2)13(12-8-6-5-7-9-12)14(17)15(18)16-11(3)4;1-8(2)10(7-14)12(16)13-6-4-5-11(13)9(3)15;1-6(2)5-8(11)9(12)10-7(3)4/h3-12,14,17-18H,13H2,1-2H3,(H,22,24)(H,25,26);4-6,8-9,13,16-17,20H,3,7,10-12H2,1-2H3;10-11,13-14,17H,5-9H2,1-4H3;5-11,13H,1-4H3,(H,16,18);8,10-11,14-15H,3-7H2,1-2H3;6-7H,5H2,1-4H3,(H,10,12)/t;16?,17-;13?,14-;;10?,11-;/m.00.0./s1. The third kappa shape index (κ3) is 33.7. The number of nitrogens with one attached hydrogen (secondary N) is 3. The van der Waals surface area contributed by atoms with E-state index in [1.165, 1.54) is 5.56 Å². The van der Waals surface area contributed by atoms with Gasteiger partial charge in [0, 0.05) is 56.4 Å². The highest BCUT2D eigenvalue weighted by molar-refractivity contribution is 6.39. The van der Waals surface area contributed by atoms with Crippen molar-refractivity contribution in [1.29, 1.82) is 0 Å². The average Bonchev–Trinajstić information content (AvgIpc) is 1.80. The van der Waals surface area contributed by atoms with Crippen LogP contribution in [0.25, 0.3) is 0 Å². The lowest BCUT2D eigenvalue weighted by molar-refractivity contribution is -0.145. The number of likely N-dealkylation sites (tertiary alicyclic amines) is 3. The van der Waals surface area contributed by atoms with Gasteiger partial charge in [0.2, 0.25) is 35.1 Å². The molecule has 3 fully saturated rings. The van der Waals surface area contributed by atoms with Crippen LogP contribution >= 0.6 is 0 Å². The number of amides is 6. The number of benzene rings is 4. The summed E-state index contributed by atoms with van der Waals surface area (Å²) < 4.78 is 0. The van der Waals surface area contributed by atoms with Crippen LogP contribution in [0.3, 0.4) is 0 Å². The molecule has 3 aliphatic rings. The predicted molar refractivity (Wildman–Crippen MR) is 440 cm³/mol.